The topological polar surface area (TPSA) is 41.4 Å². The lowest BCUT2D eigenvalue weighted by Crippen LogP contribution is -2.23. The largest absolute Gasteiger partial charge is 0.343 e. The maximum absolute atomic E-state index is 11.9. The van der Waals surface area contributed by atoms with E-state index in [4.69, 9.17) is 11.6 Å². The number of hydrogen-bond donors (Lipinski definition) is 0. The van der Waals surface area contributed by atoms with Crippen molar-refractivity contribution < 1.29 is 4.79 Å². The highest BCUT2D eigenvalue weighted by Crippen LogP contribution is 2.22. The molecule has 17 heavy (non-hydrogen) atoms. The zero-order valence-corrected chi connectivity index (χ0v) is 11.2. The first-order valence-corrected chi connectivity index (χ1v) is 6.03. The molecule has 0 N–H and O–H groups in total. The van der Waals surface area contributed by atoms with Gasteiger partial charge in [0.2, 0.25) is 0 Å². The number of nitrogens with zero attached hydrogens (tertiary/aromatic N) is 4. The Morgan fingerprint density at radius 1 is 1.47 bits per heavy atom. The molecule has 0 aromatic carbocycles. The van der Waals surface area contributed by atoms with E-state index in [-0.39, 0.29) is 5.91 Å². The molecule has 1 amide bonds. The number of amides is 1. The average molecular weight is 257 g/mol. The number of carbonyl (C=O) groups is 1. The molecule has 0 unspecified atom stereocenters. The van der Waals surface area contributed by atoms with Gasteiger partial charge in [-0.3, -0.25) is 9.69 Å². The zero-order valence-electron chi connectivity index (χ0n) is 10.4. The summed E-state index contributed by atoms with van der Waals surface area (Å²) < 4.78 is 1.92. The minimum Gasteiger partial charge on any atom is -0.343 e. The lowest BCUT2D eigenvalue weighted by molar-refractivity contribution is 0.0822. The quantitative estimate of drug-likeness (QED) is 0.755. The molecule has 6 heteroatoms. The third-order valence-electron chi connectivity index (χ3n) is 2.92. The lowest BCUT2D eigenvalue weighted by Gasteiger charge is -2.15. The predicted molar refractivity (Wildman–Crippen MR) is 66.2 cm³/mol. The van der Waals surface area contributed by atoms with Gasteiger partial charge in [-0.1, -0.05) is 11.6 Å². The molecule has 5 nitrogen and oxygen atoms in total. The van der Waals surface area contributed by atoms with Crippen LogP contribution in [0.5, 0.6) is 0 Å². The second-order valence-electron chi connectivity index (χ2n) is 4.62. The fourth-order valence-corrected chi connectivity index (χ4v) is 2.25. The van der Waals surface area contributed by atoms with Crippen LogP contribution < -0.4 is 0 Å². The van der Waals surface area contributed by atoms with Crippen molar-refractivity contribution in [3.63, 3.8) is 0 Å². The van der Waals surface area contributed by atoms with E-state index in [0.717, 1.165) is 25.2 Å². The summed E-state index contributed by atoms with van der Waals surface area (Å²) in [5, 5.41) is 0.451. The Morgan fingerprint density at radius 3 is 2.82 bits per heavy atom. The van der Waals surface area contributed by atoms with Crippen LogP contribution in [-0.2, 0) is 13.1 Å². The summed E-state index contributed by atoms with van der Waals surface area (Å²) in [5.74, 6) is 0.766. The van der Waals surface area contributed by atoms with Gasteiger partial charge in [0.1, 0.15) is 11.0 Å². The molecule has 1 aliphatic rings. The molecule has 2 heterocycles. The first kappa shape index (κ1) is 12.4. The minimum absolute atomic E-state index is 0.141. The van der Waals surface area contributed by atoms with Crippen molar-refractivity contribution in [3.8, 4) is 0 Å². The van der Waals surface area contributed by atoms with E-state index in [1.165, 1.54) is 4.90 Å². The molecule has 1 aromatic heterocycles. The van der Waals surface area contributed by atoms with Crippen molar-refractivity contribution in [2.45, 2.75) is 19.5 Å². The van der Waals surface area contributed by atoms with Crippen molar-refractivity contribution >= 4 is 17.5 Å². The van der Waals surface area contributed by atoms with Crippen molar-refractivity contribution in [2.24, 2.45) is 0 Å². The van der Waals surface area contributed by atoms with Crippen molar-refractivity contribution in [1.82, 2.24) is 19.4 Å². The summed E-state index contributed by atoms with van der Waals surface area (Å²) in [7, 11) is 5.45. The molecule has 94 valence electrons. The molecule has 1 aromatic rings. The van der Waals surface area contributed by atoms with Gasteiger partial charge in [0.25, 0.3) is 5.91 Å². The fourth-order valence-electron chi connectivity index (χ4n) is 1.98. The van der Waals surface area contributed by atoms with Gasteiger partial charge in [-0.2, -0.15) is 0 Å². The number of aromatic nitrogens is 2. The number of aryl methyl sites for hydroxylation is 1. The molecular formula is C11H17ClN4O. The van der Waals surface area contributed by atoms with Crippen LogP contribution in [0.3, 0.4) is 0 Å². The SMILES string of the molecule is CN1CCCc2nc(C(=O)N(C)C)c(Cl)n2C1. The molecule has 2 rings (SSSR count). The van der Waals surface area contributed by atoms with Crippen LogP contribution in [0.1, 0.15) is 22.7 Å². The highest BCUT2D eigenvalue weighted by molar-refractivity contribution is 6.32. The molecule has 0 bridgehead atoms. The Labute approximate surface area is 106 Å². The highest BCUT2D eigenvalue weighted by atomic mass is 35.5. The van der Waals surface area contributed by atoms with Crippen LogP contribution in [0.15, 0.2) is 0 Å². The molecular weight excluding hydrogens is 240 g/mol. The summed E-state index contributed by atoms with van der Waals surface area (Å²) in [6, 6.07) is 0. The Morgan fingerprint density at radius 2 is 2.18 bits per heavy atom. The number of halogens is 1. The standard InChI is InChI=1S/C11H17ClN4O/c1-14(2)11(17)9-10(12)16-7-15(3)6-4-5-8(16)13-9/h4-7H2,1-3H3. The number of carbonyl (C=O) groups excluding carboxylic acids is 1. The first-order valence-electron chi connectivity index (χ1n) is 5.66. The monoisotopic (exact) mass is 256 g/mol. The van der Waals surface area contributed by atoms with Gasteiger partial charge in [-0.25, -0.2) is 4.98 Å². The van der Waals surface area contributed by atoms with Crippen LogP contribution in [-0.4, -0.2) is 52.9 Å². The van der Waals surface area contributed by atoms with E-state index in [0.29, 0.717) is 17.5 Å². The van der Waals surface area contributed by atoms with E-state index in [2.05, 4.69) is 9.88 Å². The van der Waals surface area contributed by atoms with Crippen LogP contribution in [0.25, 0.3) is 0 Å². The second kappa shape index (κ2) is 4.66. The number of fused-ring (bicyclic) bond motifs is 1. The van der Waals surface area contributed by atoms with Gasteiger partial charge in [0.15, 0.2) is 5.69 Å². The molecule has 0 atom stereocenters. The first-order chi connectivity index (χ1) is 8.00. The number of hydrogen-bond acceptors (Lipinski definition) is 3. The van der Waals surface area contributed by atoms with Crippen molar-refractivity contribution in [2.75, 3.05) is 27.7 Å². The van der Waals surface area contributed by atoms with Gasteiger partial charge in [-0.05, 0) is 20.0 Å². The molecule has 0 saturated carbocycles. The number of imidazole rings is 1. The highest BCUT2D eigenvalue weighted by Gasteiger charge is 2.24. The van der Waals surface area contributed by atoms with Crippen molar-refractivity contribution in [1.29, 1.82) is 0 Å². The Bertz CT molecular complexity index is 441. The summed E-state index contributed by atoms with van der Waals surface area (Å²) in [6.07, 6.45) is 1.91. The molecule has 0 spiro atoms. The zero-order chi connectivity index (χ0) is 12.6. The van der Waals surface area contributed by atoms with E-state index in [1.54, 1.807) is 14.1 Å². The van der Waals surface area contributed by atoms with Gasteiger partial charge in [0.05, 0.1) is 6.67 Å². The molecule has 1 aliphatic heterocycles. The fraction of sp³-hybridized carbons (Fsp3) is 0.636. The summed E-state index contributed by atoms with van der Waals surface area (Å²) in [6.45, 7) is 1.72. The minimum atomic E-state index is -0.141. The van der Waals surface area contributed by atoms with Crippen LogP contribution >= 0.6 is 11.6 Å². The van der Waals surface area contributed by atoms with E-state index in [1.807, 2.05) is 11.6 Å². The molecule has 0 radical (unpaired) electrons. The van der Waals surface area contributed by atoms with Gasteiger partial charge in [0, 0.05) is 20.5 Å². The number of rotatable bonds is 1. The van der Waals surface area contributed by atoms with E-state index < -0.39 is 0 Å². The third-order valence-corrected chi connectivity index (χ3v) is 3.30. The maximum atomic E-state index is 11.9. The van der Waals surface area contributed by atoms with Gasteiger partial charge < -0.3 is 9.47 Å². The summed E-state index contributed by atoms with van der Waals surface area (Å²) in [4.78, 5) is 20.0. The smallest absolute Gasteiger partial charge is 0.275 e. The van der Waals surface area contributed by atoms with Crippen LogP contribution in [0, 0.1) is 0 Å². The Balaban J connectivity index is 2.39. The van der Waals surface area contributed by atoms with Crippen LogP contribution in [0.4, 0.5) is 0 Å². The van der Waals surface area contributed by atoms with Gasteiger partial charge in [-0.15, -0.1) is 0 Å². The van der Waals surface area contributed by atoms with Crippen molar-refractivity contribution in [3.05, 3.63) is 16.7 Å². The second-order valence-corrected chi connectivity index (χ2v) is 4.98. The van der Waals surface area contributed by atoms with E-state index in [9.17, 15) is 4.79 Å². The Hall–Kier alpha value is -1.07. The maximum Gasteiger partial charge on any atom is 0.275 e. The average Bonchev–Trinajstić information content (AvgIpc) is 2.47. The Kier molecular flexibility index (Phi) is 3.40. The molecule has 0 saturated heterocycles. The lowest BCUT2D eigenvalue weighted by atomic mass is 10.3. The summed E-state index contributed by atoms with van der Waals surface area (Å²) in [5.41, 5.74) is 0.363. The normalized spacial score (nSPS) is 16.5. The van der Waals surface area contributed by atoms with Gasteiger partial charge >= 0.3 is 0 Å². The predicted octanol–water partition coefficient (Wildman–Crippen LogP) is 1.07. The third kappa shape index (κ3) is 2.30. The molecule has 0 aliphatic carbocycles. The summed E-state index contributed by atoms with van der Waals surface area (Å²) >= 11 is 6.25. The molecule has 0 fully saturated rings. The van der Waals surface area contributed by atoms with Crippen LogP contribution in [0.2, 0.25) is 5.15 Å². The van der Waals surface area contributed by atoms with E-state index >= 15 is 0 Å².